The fraction of sp³-hybridized carbons (Fsp3) is 0.409. The molecule has 28 heavy (non-hydrogen) atoms. The molecule has 0 aromatic heterocycles. The number of methoxy groups -OCH3 is 2. The molecule has 2 aliphatic rings. The molecule has 2 heterocycles. The molecule has 2 amide bonds. The average molecular weight is 382 g/mol. The maximum atomic E-state index is 12.7. The number of nitrogens with zero attached hydrogens (tertiary/aromatic N) is 1. The summed E-state index contributed by atoms with van der Waals surface area (Å²) in [5.74, 6) is 2.40. The molecule has 0 saturated carbocycles. The third-order valence-electron chi connectivity index (χ3n) is 5.42. The van der Waals surface area contributed by atoms with Crippen molar-refractivity contribution >= 4 is 6.03 Å². The van der Waals surface area contributed by atoms with E-state index in [1.165, 1.54) is 11.1 Å². The normalized spacial score (nSPS) is 15.1. The molecule has 2 aromatic carbocycles. The topological polar surface area (TPSA) is 60.0 Å². The highest BCUT2D eigenvalue weighted by Gasteiger charge is 2.23. The van der Waals surface area contributed by atoms with Crippen LogP contribution in [0.5, 0.6) is 17.2 Å². The number of fused-ring (bicyclic) bond motifs is 2. The number of urea groups is 1. The number of nitrogens with one attached hydrogen (secondary N) is 1. The van der Waals surface area contributed by atoms with E-state index >= 15 is 0 Å². The Morgan fingerprint density at radius 1 is 1.07 bits per heavy atom. The highest BCUT2D eigenvalue weighted by molar-refractivity contribution is 5.74. The SMILES string of the molecule is COc1cc2c(cc1OC)CN(C(=O)NCc1ccc3c(c1)CCCO3)CC2. The molecule has 0 atom stereocenters. The van der Waals surface area contributed by atoms with E-state index in [9.17, 15) is 4.79 Å². The molecule has 6 nitrogen and oxygen atoms in total. The molecule has 0 aliphatic carbocycles. The monoisotopic (exact) mass is 382 g/mol. The summed E-state index contributed by atoms with van der Waals surface area (Å²) in [6, 6.07) is 10.1. The van der Waals surface area contributed by atoms with Gasteiger partial charge in [0.2, 0.25) is 0 Å². The van der Waals surface area contributed by atoms with Crippen LogP contribution in [0.2, 0.25) is 0 Å². The van der Waals surface area contributed by atoms with Crippen LogP contribution in [0, 0.1) is 0 Å². The van der Waals surface area contributed by atoms with Gasteiger partial charge in [-0.2, -0.15) is 0 Å². The fourth-order valence-corrected chi connectivity index (χ4v) is 3.87. The summed E-state index contributed by atoms with van der Waals surface area (Å²) in [7, 11) is 3.26. The predicted octanol–water partition coefficient (Wildman–Crippen LogP) is 3.30. The van der Waals surface area contributed by atoms with Gasteiger partial charge in [-0.15, -0.1) is 0 Å². The molecular weight excluding hydrogens is 356 g/mol. The van der Waals surface area contributed by atoms with Crippen LogP contribution >= 0.6 is 0 Å². The molecule has 6 heteroatoms. The van der Waals surface area contributed by atoms with Gasteiger partial charge in [0.1, 0.15) is 5.75 Å². The third-order valence-corrected chi connectivity index (χ3v) is 5.42. The number of rotatable bonds is 4. The zero-order valence-electron chi connectivity index (χ0n) is 16.4. The van der Waals surface area contributed by atoms with E-state index in [0.29, 0.717) is 25.4 Å². The molecule has 0 radical (unpaired) electrons. The maximum absolute atomic E-state index is 12.7. The van der Waals surface area contributed by atoms with Crippen molar-refractivity contribution in [2.24, 2.45) is 0 Å². The van der Waals surface area contributed by atoms with Crippen molar-refractivity contribution in [1.29, 1.82) is 0 Å². The van der Waals surface area contributed by atoms with Crippen LogP contribution in [0.25, 0.3) is 0 Å². The van der Waals surface area contributed by atoms with E-state index in [4.69, 9.17) is 14.2 Å². The second-order valence-corrected chi connectivity index (χ2v) is 7.20. The van der Waals surface area contributed by atoms with E-state index in [0.717, 1.165) is 48.5 Å². The van der Waals surface area contributed by atoms with E-state index in [-0.39, 0.29) is 6.03 Å². The lowest BCUT2D eigenvalue weighted by Gasteiger charge is -2.29. The second kappa shape index (κ2) is 8.00. The lowest BCUT2D eigenvalue weighted by molar-refractivity contribution is 0.191. The van der Waals surface area contributed by atoms with Gasteiger partial charge < -0.3 is 24.4 Å². The smallest absolute Gasteiger partial charge is 0.317 e. The van der Waals surface area contributed by atoms with Crippen molar-refractivity contribution in [3.8, 4) is 17.2 Å². The third kappa shape index (κ3) is 3.72. The second-order valence-electron chi connectivity index (χ2n) is 7.20. The van der Waals surface area contributed by atoms with Crippen molar-refractivity contribution in [3.63, 3.8) is 0 Å². The number of carbonyl (C=O) groups is 1. The van der Waals surface area contributed by atoms with Gasteiger partial charge in [0.15, 0.2) is 11.5 Å². The van der Waals surface area contributed by atoms with E-state index in [1.807, 2.05) is 29.2 Å². The van der Waals surface area contributed by atoms with Gasteiger partial charge in [0.05, 0.1) is 20.8 Å². The maximum Gasteiger partial charge on any atom is 0.317 e. The molecule has 0 spiro atoms. The first kappa shape index (κ1) is 18.5. The summed E-state index contributed by atoms with van der Waals surface area (Å²) in [6.07, 6.45) is 2.88. The first-order chi connectivity index (χ1) is 13.7. The summed E-state index contributed by atoms with van der Waals surface area (Å²) >= 11 is 0. The van der Waals surface area contributed by atoms with Crippen LogP contribution in [0.4, 0.5) is 4.79 Å². The zero-order valence-corrected chi connectivity index (χ0v) is 16.4. The van der Waals surface area contributed by atoms with Crippen LogP contribution in [-0.4, -0.2) is 38.3 Å². The molecule has 0 saturated heterocycles. The van der Waals surface area contributed by atoms with Crippen molar-refractivity contribution in [2.75, 3.05) is 27.4 Å². The Labute approximate surface area is 165 Å². The summed E-state index contributed by atoms with van der Waals surface area (Å²) < 4.78 is 16.4. The lowest BCUT2D eigenvalue weighted by atomic mass is 9.99. The van der Waals surface area contributed by atoms with Gasteiger partial charge in [-0.05, 0) is 59.7 Å². The van der Waals surface area contributed by atoms with Crippen molar-refractivity contribution in [1.82, 2.24) is 10.2 Å². The fourth-order valence-electron chi connectivity index (χ4n) is 3.87. The summed E-state index contributed by atoms with van der Waals surface area (Å²) in [6.45, 7) is 2.56. The van der Waals surface area contributed by atoms with Crippen molar-refractivity contribution in [2.45, 2.75) is 32.4 Å². The van der Waals surface area contributed by atoms with Gasteiger partial charge in [0.25, 0.3) is 0 Å². The number of hydrogen-bond acceptors (Lipinski definition) is 4. The molecule has 4 rings (SSSR count). The Kier molecular flexibility index (Phi) is 5.28. The minimum atomic E-state index is -0.0468. The van der Waals surface area contributed by atoms with Gasteiger partial charge in [-0.3, -0.25) is 0 Å². The van der Waals surface area contributed by atoms with E-state index < -0.39 is 0 Å². The summed E-state index contributed by atoms with van der Waals surface area (Å²) in [5, 5.41) is 3.05. The molecular formula is C22H26N2O4. The highest BCUT2D eigenvalue weighted by Crippen LogP contribution is 2.33. The zero-order chi connectivity index (χ0) is 19.5. The number of carbonyl (C=O) groups excluding carboxylic acids is 1. The Morgan fingerprint density at radius 2 is 1.86 bits per heavy atom. The predicted molar refractivity (Wildman–Crippen MR) is 106 cm³/mol. The number of ether oxygens (including phenoxy) is 3. The van der Waals surface area contributed by atoms with Crippen molar-refractivity contribution < 1.29 is 19.0 Å². The highest BCUT2D eigenvalue weighted by atomic mass is 16.5. The van der Waals surface area contributed by atoms with E-state index in [2.05, 4.69) is 11.4 Å². The van der Waals surface area contributed by atoms with Crippen LogP contribution in [0.3, 0.4) is 0 Å². The molecule has 148 valence electrons. The molecule has 2 aliphatic heterocycles. The first-order valence-corrected chi connectivity index (χ1v) is 9.69. The minimum absolute atomic E-state index is 0.0468. The van der Waals surface area contributed by atoms with Crippen LogP contribution in [-0.2, 0) is 25.9 Å². The minimum Gasteiger partial charge on any atom is -0.493 e. The van der Waals surface area contributed by atoms with Crippen LogP contribution in [0.1, 0.15) is 28.7 Å². The Morgan fingerprint density at radius 3 is 2.64 bits per heavy atom. The molecule has 0 unspecified atom stereocenters. The largest absolute Gasteiger partial charge is 0.493 e. The van der Waals surface area contributed by atoms with Gasteiger partial charge in [-0.1, -0.05) is 12.1 Å². The average Bonchev–Trinajstić information content (AvgIpc) is 2.75. The number of amides is 2. The quantitative estimate of drug-likeness (QED) is 0.882. The Bertz CT molecular complexity index is 881. The van der Waals surface area contributed by atoms with Gasteiger partial charge in [-0.25, -0.2) is 4.79 Å². The summed E-state index contributed by atoms with van der Waals surface area (Å²) in [4.78, 5) is 14.5. The Balaban J connectivity index is 1.40. The molecule has 2 aromatic rings. The van der Waals surface area contributed by atoms with E-state index in [1.54, 1.807) is 14.2 Å². The standard InChI is InChI=1S/C22H26N2O4/c1-26-20-11-16-7-8-24(14-18(16)12-21(20)27-2)22(25)23-13-15-5-6-19-17(10-15)4-3-9-28-19/h5-6,10-12H,3-4,7-9,13-14H2,1-2H3,(H,23,25). The number of hydrogen-bond donors (Lipinski definition) is 1. The molecule has 1 N–H and O–H groups in total. The van der Waals surface area contributed by atoms with Gasteiger partial charge >= 0.3 is 6.03 Å². The first-order valence-electron chi connectivity index (χ1n) is 9.69. The van der Waals surface area contributed by atoms with Crippen LogP contribution in [0.15, 0.2) is 30.3 Å². The summed E-state index contributed by atoms with van der Waals surface area (Å²) in [5.41, 5.74) is 4.63. The molecule has 0 fully saturated rings. The number of benzene rings is 2. The Hall–Kier alpha value is -2.89. The molecule has 0 bridgehead atoms. The van der Waals surface area contributed by atoms with Crippen LogP contribution < -0.4 is 19.5 Å². The lowest BCUT2D eigenvalue weighted by Crippen LogP contribution is -2.42. The number of aryl methyl sites for hydroxylation is 1. The van der Waals surface area contributed by atoms with Gasteiger partial charge in [0, 0.05) is 19.6 Å². The van der Waals surface area contributed by atoms with Crippen molar-refractivity contribution in [3.05, 3.63) is 52.6 Å².